The first-order chi connectivity index (χ1) is 4.10. The highest BCUT2D eigenvalue weighted by atomic mass is 15.4. The van der Waals surface area contributed by atoms with Gasteiger partial charge in [0.05, 0.1) is 0 Å². The van der Waals surface area contributed by atoms with E-state index in [1.54, 1.807) is 24.6 Å². The lowest BCUT2D eigenvalue weighted by atomic mass is 10.1. The SMILES string of the molecule is NN1C=CC(N)(N)C=C1. The van der Waals surface area contributed by atoms with Crippen molar-refractivity contribution < 1.29 is 0 Å². The van der Waals surface area contributed by atoms with Crippen molar-refractivity contribution in [3.63, 3.8) is 0 Å². The monoisotopic (exact) mass is 126 g/mol. The molecule has 9 heavy (non-hydrogen) atoms. The summed E-state index contributed by atoms with van der Waals surface area (Å²) in [7, 11) is 0. The molecule has 0 aromatic carbocycles. The molecule has 0 spiro atoms. The van der Waals surface area contributed by atoms with Crippen LogP contribution in [0.15, 0.2) is 24.6 Å². The lowest BCUT2D eigenvalue weighted by molar-refractivity contribution is 0.501. The van der Waals surface area contributed by atoms with Gasteiger partial charge in [-0.05, 0) is 12.2 Å². The Kier molecular flexibility index (Phi) is 1.28. The molecule has 0 radical (unpaired) electrons. The second kappa shape index (κ2) is 1.84. The molecule has 0 saturated heterocycles. The smallest absolute Gasteiger partial charge is 0.106 e. The molecule has 6 N–H and O–H groups in total. The van der Waals surface area contributed by atoms with Crippen molar-refractivity contribution in [2.24, 2.45) is 17.3 Å². The Balaban J connectivity index is 2.70. The van der Waals surface area contributed by atoms with E-state index in [2.05, 4.69) is 0 Å². The third kappa shape index (κ3) is 1.53. The molecule has 0 amide bonds. The highest BCUT2D eigenvalue weighted by molar-refractivity contribution is 5.17. The molecule has 1 rings (SSSR count). The highest BCUT2D eigenvalue weighted by Crippen LogP contribution is 2.02. The molecule has 0 aliphatic carbocycles. The van der Waals surface area contributed by atoms with Crippen molar-refractivity contribution in [3.05, 3.63) is 24.6 Å². The van der Waals surface area contributed by atoms with Gasteiger partial charge in [0.15, 0.2) is 0 Å². The molecule has 1 heterocycles. The lowest BCUT2D eigenvalue weighted by Gasteiger charge is -2.21. The molecule has 0 aromatic heterocycles. The molecule has 0 saturated carbocycles. The second-order valence-electron chi connectivity index (χ2n) is 2.08. The number of hydrazine groups is 1. The van der Waals surface area contributed by atoms with Crippen LogP contribution >= 0.6 is 0 Å². The van der Waals surface area contributed by atoms with E-state index < -0.39 is 5.66 Å². The molecular formula is C5H10N4. The summed E-state index contributed by atoms with van der Waals surface area (Å²) in [6.45, 7) is 0. The van der Waals surface area contributed by atoms with Crippen LogP contribution in [0.5, 0.6) is 0 Å². The van der Waals surface area contributed by atoms with Crippen molar-refractivity contribution >= 4 is 0 Å². The van der Waals surface area contributed by atoms with Crippen LogP contribution in [-0.2, 0) is 0 Å². The maximum atomic E-state index is 5.46. The number of nitrogens with zero attached hydrogens (tertiary/aromatic N) is 1. The van der Waals surface area contributed by atoms with Gasteiger partial charge in [-0.15, -0.1) is 0 Å². The van der Waals surface area contributed by atoms with Crippen LogP contribution in [-0.4, -0.2) is 10.7 Å². The fourth-order valence-electron chi connectivity index (χ4n) is 0.536. The summed E-state index contributed by atoms with van der Waals surface area (Å²) in [5.74, 6) is 5.30. The lowest BCUT2D eigenvalue weighted by Crippen LogP contribution is -2.47. The average molecular weight is 126 g/mol. The normalized spacial score (nSPS) is 22.8. The Morgan fingerprint density at radius 1 is 1.11 bits per heavy atom. The number of hydrogen-bond acceptors (Lipinski definition) is 4. The van der Waals surface area contributed by atoms with Crippen molar-refractivity contribution in [2.75, 3.05) is 0 Å². The molecule has 0 fully saturated rings. The summed E-state index contributed by atoms with van der Waals surface area (Å²) >= 11 is 0. The molecule has 4 heteroatoms. The van der Waals surface area contributed by atoms with E-state index in [4.69, 9.17) is 17.3 Å². The number of rotatable bonds is 0. The molecular weight excluding hydrogens is 116 g/mol. The van der Waals surface area contributed by atoms with Gasteiger partial charge < -0.3 is 11.5 Å². The van der Waals surface area contributed by atoms with Gasteiger partial charge in [-0.1, -0.05) is 0 Å². The Morgan fingerprint density at radius 2 is 1.56 bits per heavy atom. The number of nitrogens with two attached hydrogens (primary N) is 3. The summed E-state index contributed by atoms with van der Waals surface area (Å²) in [5, 5.41) is 1.39. The van der Waals surface area contributed by atoms with Gasteiger partial charge >= 0.3 is 0 Å². The van der Waals surface area contributed by atoms with E-state index >= 15 is 0 Å². The Morgan fingerprint density at radius 3 is 1.89 bits per heavy atom. The van der Waals surface area contributed by atoms with E-state index in [0.29, 0.717) is 0 Å². The van der Waals surface area contributed by atoms with Gasteiger partial charge in [-0.25, -0.2) is 5.84 Å². The minimum absolute atomic E-state index is 0.824. The highest BCUT2D eigenvalue weighted by Gasteiger charge is 2.12. The minimum Gasteiger partial charge on any atom is -0.307 e. The van der Waals surface area contributed by atoms with E-state index in [9.17, 15) is 0 Å². The summed E-state index contributed by atoms with van der Waals surface area (Å²) in [6, 6.07) is 0. The Bertz CT molecular complexity index is 142. The van der Waals surface area contributed by atoms with Crippen LogP contribution in [0.4, 0.5) is 0 Å². The van der Waals surface area contributed by atoms with Gasteiger partial charge in [0.25, 0.3) is 0 Å². The molecule has 4 nitrogen and oxygen atoms in total. The maximum Gasteiger partial charge on any atom is 0.106 e. The zero-order chi connectivity index (χ0) is 6.91. The predicted octanol–water partition coefficient (Wildman–Crippen LogP) is -1.18. The van der Waals surface area contributed by atoms with Crippen LogP contribution in [0.3, 0.4) is 0 Å². The quantitative estimate of drug-likeness (QED) is 0.282. The van der Waals surface area contributed by atoms with Crippen molar-refractivity contribution in [1.29, 1.82) is 0 Å². The van der Waals surface area contributed by atoms with Crippen LogP contribution in [0.2, 0.25) is 0 Å². The maximum absolute atomic E-state index is 5.46. The van der Waals surface area contributed by atoms with Gasteiger partial charge in [0.1, 0.15) is 5.66 Å². The molecule has 50 valence electrons. The fraction of sp³-hybridized carbons (Fsp3) is 0.200. The topological polar surface area (TPSA) is 81.3 Å². The first-order valence-corrected chi connectivity index (χ1v) is 2.60. The van der Waals surface area contributed by atoms with Gasteiger partial charge in [-0.2, -0.15) is 0 Å². The summed E-state index contributed by atoms with van der Waals surface area (Å²) < 4.78 is 0. The first kappa shape index (κ1) is 6.28. The van der Waals surface area contributed by atoms with Crippen LogP contribution in [0.1, 0.15) is 0 Å². The van der Waals surface area contributed by atoms with Gasteiger partial charge in [0, 0.05) is 12.4 Å². The van der Waals surface area contributed by atoms with E-state index in [0.717, 1.165) is 0 Å². The molecule has 0 bridgehead atoms. The predicted molar refractivity (Wildman–Crippen MR) is 35.4 cm³/mol. The van der Waals surface area contributed by atoms with Crippen molar-refractivity contribution in [3.8, 4) is 0 Å². The summed E-state index contributed by atoms with van der Waals surface area (Å²) in [6.07, 6.45) is 6.46. The molecule has 0 aromatic rings. The average Bonchev–Trinajstić information content (AvgIpc) is 1.78. The zero-order valence-electron chi connectivity index (χ0n) is 4.99. The first-order valence-electron chi connectivity index (χ1n) is 2.60. The molecule has 0 unspecified atom stereocenters. The summed E-state index contributed by atoms with van der Waals surface area (Å²) in [5.41, 5.74) is 10.1. The van der Waals surface area contributed by atoms with Crippen LogP contribution in [0.25, 0.3) is 0 Å². The second-order valence-corrected chi connectivity index (χ2v) is 2.08. The zero-order valence-corrected chi connectivity index (χ0v) is 4.99. The fourth-order valence-corrected chi connectivity index (χ4v) is 0.536. The third-order valence-electron chi connectivity index (χ3n) is 1.07. The number of hydrogen-bond donors (Lipinski definition) is 3. The molecule has 1 aliphatic rings. The standard InChI is InChI=1S/C5H10N4/c6-5(7)1-3-9(8)4-2-5/h1-4H,6-8H2. The Labute approximate surface area is 53.6 Å². The van der Waals surface area contributed by atoms with Crippen molar-refractivity contribution in [2.45, 2.75) is 5.66 Å². The van der Waals surface area contributed by atoms with Gasteiger partial charge in [0.2, 0.25) is 0 Å². The van der Waals surface area contributed by atoms with Crippen molar-refractivity contribution in [1.82, 2.24) is 5.01 Å². The summed E-state index contributed by atoms with van der Waals surface area (Å²) in [4.78, 5) is 0. The van der Waals surface area contributed by atoms with E-state index in [1.165, 1.54) is 5.01 Å². The van der Waals surface area contributed by atoms with Gasteiger partial charge in [-0.3, -0.25) is 5.01 Å². The molecule has 1 aliphatic heterocycles. The minimum atomic E-state index is -0.824. The largest absolute Gasteiger partial charge is 0.307 e. The third-order valence-corrected chi connectivity index (χ3v) is 1.07. The van der Waals surface area contributed by atoms with E-state index in [-0.39, 0.29) is 0 Å². The van der Waals surface area contributed by atoms with Crippen LogP contribution in [0, 0.1) is 0 Å². The van der Waals surface area contributed by atoms with E-state index in [1.807, 2.05) is 0 Å². The Hall–Kier alpha value is -0.840. The molecule has 0 atom stereocenters. The van der Waals surface area contributed by atoms with Crippen LogP contribution < -0.4 is 17.3 Å².